The van der Waals surface area contributed by atoms with Crippen molar-refractivity contribution < 1.29 is 9.47 Å². The van der Waals surface area contributed by atoms with E-state index < -0.39 is 0 Å². The summed E-state index contributed by atoms with van der Waals surface area (Å²) in [6, 6.07) is 0. The molecule has 0 amide bonds. The first kappa shape index (κ1) is 16.7. The van der Waals surface area contributed by atoms with Crippen LogP contribution in [-0.2, 0) is 9.47 Å². The van der Waals surface area contributed by atoms with Crippen molar-refractivity contribution in [2.75, 3.05) is 24.6 Å². The number of rotatable bonds is 1. The van der Waals surface area contributed by atoms with Crippen LogP contribution in [0.15, 0.2) is 0 Å². The lowest BCUT2D eigenvalue weighted by atomic mass is 9.61. The fourth-order valence-corrected chi connectivity index (χ4v) is 6.65. The molecule has 132 valence electrons. The average molecular weight is 340 g/mol. The second kappa shape index (κ2) is 6.86. The van der Waals surface area contributed by atoms with E-state index in [9.17, 15) is 0 Å². The molecule has 3 aliphatic heterocycles. The van der Waals surface area contributed by atoms with E-state index in [0.29, 0.717) is 17.9 Å². The lowest BCUT2D eigenvalue weighted by Crippen LogP contribution is -2.58. The van der Waals surface area contributed by atoms with Gasteiger partial charge in [-0.05, 0) is 49.9 Å². The number of thioether (sulfide) groups is 1. The minimum absolute atomic E-state index is 0.0426. The van der Waals surface area contributed by atoms with Crippen molar-refractivity contribution in [3.63, 3.8) is 0 Å². The van der Waals surface area contributed by atoms with Gasteiger partial charge in [0.05, 0.1) is 6.10 Å². The third-order valence-electron chi connectivity index (χ3n) is 7.07. The Bertz CT molecular complexity index is 414. The van der Waals surface area contributed by atoms with Gasteiger partial charge in [0.25, 0.3) is 0 Å². The largest absolute Gasteiger partial charge is 0.349 e. The second-order valence-electron chi connectivity index (χ2n) is 8.39. The van der Waals surface area contributed by atoms with Gasteiger partial charge in [0, 0.05) is 30.5 Å². The van der Waals surface area contributed by atoms with Crippen molar-refractivity contribution in [1.29, 1.82) is 0 Å². The predicted molar refractivity (Wildman–Crippen MR) is 95.4 cm³/mol. The summed E-state index contributed by atoms with van der Waals surface area (Å²) < 4.78 is 13.1. The lowest BCUT2D eigenvalue weighted by molar-refractivity contribution is -0.304. The van der Waals surface area contributed by atoms with E-state index in [1.54, 1.807) is 0 Å². The van der Waals surface area contributed by atoms with Gasteiger partial charge >= 0.3 is 0 Å². The van der Waals surface area contributed by atoms with E-state index >= 15 is 0 Å². The molecule has 0 aromatic carbocycles. The van der Waals surface area contributed by atoms with Crippen molar-refractivity contribution in [2.24, 2.45) is 29.6 Å². The lowest BCUT2D eigenvalue weighted by Gasteiger charge is -2.54. The molecule has 0 spiro atoms. The Morgan fingerprint density at radius 2 is 1.61 bits per heavy atom. The fourth-order valence-electron chi connectivity index (χ4n) is 5.71. The van der Waals surface area contributed by atoms with Crippen LogP contribution in [0.25, 0.3) is 0 Å². The molecular weight excluding hydrogens is 306 g/mol. The molecule has 0 bridgehead atoms. The first-order valence-electron chi connectivity index (χ1n) is 9.78. The van der Waals surface area contributed by atoms with Gasteiger partial charge in [0.2, 0.25) is 0 Å². The molecule has 0 aromatic rings. The SMILES string of the molecule is C[C@@H]1[C@@H]2CC[C@@H](C)[C@@H]3CC[C@H](C)O[C@@H](O[C@H]1N1CCSCC1)C23. The molecule has 1 saturated carbocycles. The number of ether oxygens (including phenoxy) is 2. The minimum atomic E-state index is 0.0426. The van der Waals surface area contributed by atoms with Gasteiger partial charge in [0.1, 0.15) is 6.23 Å². The Kier molecular flexibility index (Phi) is 4.97. The van der Waals surface area contributed by atoms with E-state index in [1.165, 1.54) is 50.3 Å². The van der Waals surface area contributed by atoms with Crippen LogP contribution in [0, 0.1) is 29.6 Å². The maximum absolute atomic E-state index is 6.67. The molecule has 8 atom stereocenters. The van der Waals surface area contributed by atoms with Crippen LogP contribution in [0.3, 0.4) is 0 Å². The van der Waals surface area contributed by atoms with E-state index in [1.807, 2.05) is 0 Å². The number of nitrogens with zero attached hydrogens (tertiary/aromatic N) is 1. The standard InChI is InChI=1S/C19H33NO2S/c1-12-4-6-16-14(3)18(20-8-10-23-11-9-20)22-19-17(16)15(12)7-5-13(2)21-19/h12-19H,4-11H2,1-3H3/t12-,13+,14-,15+,16+,17?,18-,19+/m1/s1. The van der Waals surface area contributed by atoms with Crippen molar-refractivity contribution in [3.05, 3.63) is 0 Å². The highest BCUT2D eigenvalue weighted by Crippen LogP contribution is 2.52. The maximum Gasteiger partial charge on any atom is 0.163 e. The molecule has 3 heterocycles. The van der Waals surface area contributed by atoms with E-state index in [-0.39, 0.29) is 12.5 Å². The topological polar surface area (TPSA) is 21.7 Å². The van der Waals surface area contributed by atoms with E-state index in [2.05, 4.69) is 37.4 Å². The molecule has 1 aliphatic carbocycles. The summed E-state index contributed by atoms with van der Waals surface area (Å²) >= 11 is 2.08. The Hall–Kier alpha value is 0.230. The van der Waals surface area contributed by atoms with Gasteiger partial charge in [0.15, 0.2) is 6.29 Å². The van der Waals surface area contributed by atoms with Crippen LogP contribution in [-0.4, -0.2) is 48.1 Å². The van der Waals surface area contributed by atoms with E-state index in [0.717, 1.165) is 17.8 Å². The van der Waals surface area contributed by atoms with Crippen LogP contribution in [0.1, 0.15) is 46.5 Å². The monoisotopic (exact) mass is 339 g/mol. The Morgan fingerprint density at radius 1 is 0.870 bits per heavy atom. The normalized spacial score (nSPS) is 51.8. The van der Waals surface area contributed by atoms with Gasteiger partial charge in [-0.2, -0.15) is 11.8 Å². The minimum Gasteiger partial charge on any atom is -0.349 e. The van der Waals surface area contributed by atoms with Crippen LogP contribution >= 0.6 is 11.8 Å². The van der Waals surface area contributed by atoms with Gasteiger partial charge in [-0.1, -0.05) is 20.3 Å². The molecule has 4 heteroatoms. The smallest absolute Gasteiger partial charge is 0.163 e. The Labute approximate surface area is 145 Å². The van der Waals surface area contributed by atoms with Crippen LogP contribution in [0.5, 0.6) is 0 Å². The van der Waals surface area contributed by atoms with Gasteiger partial charge in [-0.3, -0.25) is 4.90 Å². The van der Waals surface area contributed by atoms with Crippen LogP contribution in [0.4, 0.5) is 0 Å². The predicted octanol–water partition coefficient (Wildman–Crippen LogP) is 3.83. The zero-order chi connectivity index (χ0) is 16.0. The molecule has 0 radical (unpaired) electrons. The van der Waals surface area contributed by atoms with Crippen molar-refractivity contribution >= 4 is 11.8 Å². The molecule has 4 fully saturated rings. The summed E-state index contributed by atoms with van der Waals surface area (Å²) in [5.41, 5.74) is 0. The molecule has 4 aliphatic rings. The summed E-state index contributed by atoms with van der Waals surface area (Å²) in [4.78, 5) is 2.60. The second-order valence-corrected chi connectivity index (χ2v) is 9.61. The molecule has 1 unspecified atom stereocenters. The zero-order valence-corrected chi connectivity index (χ0v) is 15.8. The summed E-state index contributed by atoms with van der Waals surface area (Å²) in [7, 11) is 0. The summed E-state index contributed by atoms with van der Waals surface area (Å²) in [5.74, 6) is 6.22. The Morgan fingerprint density at radius 3 is 2.39 bits per heavy atom. The fraction of sp³-hybridized carbons (Fsp3) is 1.00. The van der Waals surface area contributed by atoms with Gasteiger partial charge in [-0.15, -0.1) is 0 Å². The zero-order valence-electron chi connectivity index (χ0n) is 14.9. The van der Waals surface area contributed by atoms with Crippen molar-refractivity contribution in [1.82, 2.24) is 4.90 Å². The molecule has 0 aromatic heterocycles. The highest BCUT2D eigenvalue weighted by atomic mass is 32.2. The molecular formula is C19H33NO2S. The Balaban J connectivity index is 1.59. The van der Waals surface area contributed by atoms with E-state index in [4.69, 9.17) is 9.47 Å². The summed E-state index contributed by atoms with van der Waals surface area (Å²) in [6.07, 6.45) is 5.99. The van der Waals surface area contributed by atoms with Gasteiger partial charge in [-0.25, -0.2) is 0 Å². The molecule has 3 nitrogen and oxygen atoms in total. The highest BCUT2D eigenvalue weighted by molar-refractivity contribution is 7.99. The summed E-state index contributed by atoms with van der Waals surface area (Å²) in [6.45, 7) is 9.52. The first-order valence-corrected chi connectivity index (χ1v) is 10.9. The summed E-state index contributed by atoms with van der Waals surface area (Å²) in [5, 5.41) is 0. The first-order chi connectivity index (χ1) is 11.1. The molecule has 3 saturated heterocycles. The molecule has 23 heavy (non-hydrogen) atoms. The highest BCUT2D eigenvalue weighted by Gasteiger charge is 2.53. The third kappa shape index (κ3) is 3.09. The molecule has 0 N–H and O–H groups in total. The third-order valence-corrected chi connectivity index (χ3v) is 8.01. The van der Waals surface area contributed by atoms with Crippen molar-refractivity contribution in [2.45, 2.75) is 65.1 Å². The van der Waals surface area contributed by atoms with Crippen LogP contribution < -0.4 is 0 Å². The van der Waals surface area contributed by atoms with Crippen LogP contribution in [0.2, 0.25) is 0 Å². The maximum atomic E-state index is 6.67. The molecule has 4 rings (SSSR count). The van der Waals surface area contributed by atoms with Crippen molar-refractivity contribution in [3.8, 4) is 0 Å². The average Bonchev–Trinajstić information content (AvgIpc) is 2.73. The quantitative estimate of drug-likeness (QED) is 0.724. The number of hydrogen-bond donors (Lipinski definition) is 0. The number of hydrogen-bond acceptors (Lipinski definition) is 4. The van der Waals surface area contributed by atoms with Gasteiger partial charge < -0.3 is 9.47 Å².